The largest absolute Gasteiger partial charge is 0.454 e. The van der Waals surface area contributed by atoms with Crippen molar-refractivity contribution in [2.45, 2.75) is 6.92 Å². The molecule has 0 heterocycles. The third-order valence-electron chi connectivity index (χ3n) is 2.36. The van der Waals surface area contributed by atoms with Crippen LogP contribution in [0.25, 0.3) is 0 Å². The minimum Gasteiger partial charge on any atom is -0.454 e. The van der Waals surface area contributed by atoms with Crippen molar-refractivity contribution in [3.05, 3.63) is 50.4 Å². The van der Waals surface area contributed by atoms with Crippen molar-refractivity contribution in [1.82, 2.24) is 0 Å². The van der Waals surface area contributed by atoms with Crippen LogP contribution in [0.3, 0.4) is 0 Å². The average molecular weight is 347 g/mol. The van der Waals surface area contributed by atoms with Crippen molar-refractivity contribution in [2.75, 3.05) is 5.73 Å². The number of hydrogen-bond acceptors (Lipinski definition) is 2. The predicted molar refractivity (Wildman–Crippen MR) is 79.8 cm³/mol. The Morgan fingerprint density at radius 2 is 1.78 bits per heavy atom. The molecule has 0 aliphatic carbocycles. The molecule has 0 radical (unpaired) electrons. The first kappa shape index (κ1) is 13.5. The number of nitrogen functional groups attached to an aromatic ring is 1. The predicted octanol–water partition coefficient (Wildman–Crippen LogP) is 5.44. The summed E-state index contributed by atoms with van der Waals surface area (Å²) in [6.45, 7) is 1.96. The number of aryl methyl sites for hydroxylation is 1. The third kappa shape index (κ3) is 2.91. The number of anilines is 1. The zero-order valence-corrected chi connectivity index (χ0v) is 12.6. The van der Waals surface area contributed by atoms with Crippen LogP contribution in [0.2, 0.25) is 10.0 Å². The monoisotopic (exact) mass is 345 g/mol. The molecule has 2 nitrogen and oxygen atoms in total. The van der Waals surface area contributed by atoms with E-state index >= 15 is 0 Å². The van der Waals surface area contributed by atoms with Crippen LogP contribution in [-0.4, -0.2) is 0 Å². The van der Waals surface area contributed by atoms with E-state index in [0.717, 1.165) is 10.0 Å². The lowest BCUT2D eigenvalue weighted by Crippen LogP contribution is -1.93. The molecule has 0 spiro atoms. The summed E-state index contributed by atoms with van der Waals surface area (Å²) < 4.78 is 6.42. The van der Waals surface area contributed by atoms with Crippen molar-refractivity contribution in [3.8, 4) is 11.5 Å². The molecule has 0 aliphatic rings. The third-order valence-corrected chi connectivity index (χ3v) is 3.86. The van der Waals surface area contributed by atoms with Crippen molar-refractivity contribution >= 4 is 44.8 Å². The van der Waals surface area contributed by atoms with E-state index in [-0.39, 0.29) is 0 Å². The van der Waals surface area contributed by atoms with Crippen LogP contribution in [0.1, 0.15) is 5.56 Å². The Hall–Kier alpha value is -0.900. The van der Waals surface area contributed by atoms with Crippen LogP contribution < -0.4 is 10.5 Å². The molecule has 94 valence electrons. The fraction of sp³-hybridized carbons (Fsp3) is 0.0769. The summed E-state index contributed by atoms with van der Waals surface area (Å²) >= 11 is 15.4. The maximum atomic E-state index is 6.09. The maximum absolute atomic E-state index is 6.09. The molecule has 0 saturated heterocycles. The molecule has 2 aromatic rings. The van der Waals surface area contributed by atoms with Gasteiger partial charge in [-0.25, -0.2) is 0 Å². The van der Waals surface area contributed by atoms with E-state index in [9.17, 15) is 0 Å². The molecule has 2 rings (SSSR count). The molecular formula is C13H10BrCl2NO. The van der Waals surface area contributed by atoms with Crippen molar-refractivity contribution in [2.24, 2.45) is 0 Å². The summed E-state index contributed by atoms with van der Waals surface area (Å²) in [5.74, 6) is 1.04. The highest BCUT2D eigenvalue weighted by Gasteiger charge is 2.09. The van der Waals surface area contributed by atoms with Gasteiger partial charge in [0.2, 0.25) is 0 Å². The second kappa shape index (κ2) is 5.39. The Labute approximate surface area is 124 Å². The van der Waals surface area contributed by atoms with Gasteiger partial charge in [0.25, 0.3) is 0 Å². The van der Waals surface area contributed by atoms with E-state index in [1.54, 1.807) is 18.2 Å². The van der Waals surface area contributed by atoms with Crippen LogP contribution in [-0.2, 0) is 0 Å². The van der Waals surface area contributed by atoms with E-state index in [1.165, 1.54) is 0 Å². The summed E-state index contributed by atoms with van der Waals surface area (Å²) in [5.41, 5.74) is 7.45. The van der Waals surface area contributed by atoms with Crippen LogP contribution in [0, 0.1) is 6.92 Å². The average Bonchev–Trinajstić information content (AvgIpc) is 2.30. The number of hydrogen-bond donors (Lipinski definition) is 1. The van der Waals surface area contributed by atoms with Gasteiger partial charge in [-0.05, 0) is 46.6 Å². The number of halogens is 3. The second-order valence-electron chi connectivity index (χ2n) is 3.84. The minimum absolute atomic E-state index is 0.465. The molecule has 2 N–H and O–H groups in total. The van der Waals surface area contributed by atoms with Gasteiger partial charge in [0.15, 0.2) is 5.75 Å². The highest BCUT2D eigenvalue weighted by atomic mass is 79.9. The minimum atomic E-state index is 0.465. The van der Waals surface area contributed by atoms with Crippen LogP contribution >= 0.6 is 39.1 Å². The molecule has 2 aromatic carbocycles. The summed E-state index contributed by atoms with van der Waals surface area (Å²) in [7, 11) is 0. The summed E-state index contributed by atoms with van der Waals surface area (Å²) in [6, 6.07) is 8.89. The lowest BCUT2D eigenvalue weighted by molar-refractivity contribution is 0.485. The number of rotatable bonds is 2. The van der Waals surface area contributed by atoms with Gasteiger partial charge >= 0.3 is 0 Å². The lowest BCUT2D eigenvalue weighted by Gasteiger charge is -2.11. The molecule has 0 amide bonds. The van der Waals surface area contributed by atoms with Crippen LogP contribution in [0.4, 0.5) is 5.69 Å². The zero-order valence-electron chi connectivity index (χ0n) is 9.51. The van der Waals surface area contributed by atoms with Crippen molar-refractivity contribution in [3.63, 3.8) is 0 Å². The highest BCUT2D eigenvalue weighted by molar-refractivity contribution is 9.10. The Kier molecular flexibility index (Phi) is 4.05. The number of benzene rings is 2. The fourth-order valence-electron chi connectivity index (χ4n) is 1.43. The SMILES string of the molecule is Cc1ccc(N)c(Oc2cc(Cl)c(Br)cc2Cl)c1. The number of ether oxygens (including phenoxy) is 1. The van der Waals surface area contributed by atoms with Gasteiger partial charge in [0.1, 0.15) is 5.75 Å². The molecule has 0 aromatic heterocycles. The van der Waals surface area contributed by atoms with Gasteiger partial charge < -0.3 is 10.5 Å². The summed E-state index contributed by atoms with van der Waals surface area (Å²) in [5, 5.41) is 0.993. The van der Waals surface area contributed by atoms with Gasteiger partial charge in [0, 0.05) is 10.5 Å². The van der Waals surface area contributed by atoms with E-state index in [4.69, 9.17) is 33.7 Å². The molecule has 0 fully saturated rings. The van der Waals surface area contributed by atoms with Crippen LogP contribution in [0.15, 0.2) is 34.8 Å². The van der Waals surface area contributed by atoms with Gasteiger partial charge in [-0.15, -0.1) is 0 Å². The summed E-state index contributed by atoms with van der Waals surface area (Å²) in [4.78, 5) is 0. The normalized spacial score (nSPS) is 10.4. The first-order chi connectivity index (χ1) is 8.47. The molecule has 0 saturated carbocycles. The van der Waals surface area contributed by atoms with Gasteiger partial charge in [-0.1, -0.05) is 29.3 Å². The molecule has 0 atom stereocenters. The van der Waals surface area contributed by atoms with Crippen molar-refractivity contribution in [1.29, 1.82) is 0 Å². The van der Waals surface area contributed by atoms with E-state index in [0.29, 0.717) is 27.2 Å². The second-order valence-corrected chi connectivity index (χ2v) is 5.51. The quantitative estimate of drug-likeness (QED) is 0.580. The molecule has 5 heteroatoms. The molecular weight excluding hydrogens is 337 g/mol. The molecule has 18 heavy (non-hydrogen) atoms. The zero-order chi connectivity index (χ0) is 13.3. The topological polar surface area (TPSA) is 35.2 Å². The van der Waals surface area contributed by atoms with E-state index in [1.807, 2.05) is 19.1 Å². The van der Waals surface area contributed by atoms with Gasteiger partial charge in [0.05, 0.1) is 15.7 Å². The molecule has 0 bridgehead atoms. The van der Waals surface area contributed by atoms with E-state index in [2.05, 4.69) is 15.9 Å². The van der Waals surface area contributed by atoms with Crippen molar-refractivity contribution < 1.29 is 4.74 Å². The first-order valence-corrected chi connectivity index (χ1v) is 6.71. The van der Waals surface area contributed by atoms with E-state index < -0.39 is 0 Å². The van der Waals surface area contributed by atoms with Gasteiger partial charge in [-0.2, -0.15) is 0 Å². The lowest BCUT2D eigenvalue weighted by atomic mass is 10.2. The standard InChI is InChI=1S/C13H10BrCl2NO/c1-7-2-3-11(17)13(4-7)18-12-6-9(15)8(14)5-10(12)16/h2-6H,17H2,1H3. The fourth-order valence-corrected chi connectivity index (χ4v) is 2.26. The van der Waals surface area contributed by atoms with Gasteiger partial charge in [-0.3, -0.25) is 0 Å². The van der Waals surface area contributed by atoms with Crippen LogP contribution in [0.5, 0.6) is 11.5 Å². The smallest absolute Gasteiger partial charge is 0.150 e. The first-order valence-electron chi connectivity index (χ1n) is 5.16. The Morgan fingerprint density at radius 1 is 1.06 bits per heavy atom. The highest BCUT2D eigenvalue weighted by Crippen LogP contribution is 2.38. The maximum Gasteiger partial charge on any atom is 0.150 e. The summed E-state index contributed by atoms with van der Waals surface area (Å²) in [6.07, 6.45) is 0. The molecule has 0 unspecified atom stereocenters. The Bertz CT molecular complexity index is 602. The Morgan fingerprint density at radius 3 is 2.50 bits per heavy atom. The number of nitrogens with two attached hydrogens (primary N) is 1. The molecule has 0 aliphatic heterocycles. The Balaban J connectivity index is 2.40.